The summed E-state index contributed by atoms with van der Waals surface area (Å²) >= 11 is 0. The fourth-order valence-corrected chi connectivity index (χ4v) is 2.40. The second-order valence-corrected chi connectivity index (χ2v) is 4.81. The van der Waals surface area contributed by atoms with E-state index >= 15 is 0 Å². The fourth-order valence-electron chi connectivity index (χ4n) is 2.40. The molecule has 0 bridgehead atoms. The van der Waals surface area contributed by atoms with Gasteiger partial charge >= 0.3 is 0 Å². The molecule has 1 N–H and O–H groups in total. The SMILES string of the molecule is COc1cccc(-c2ccc3[nH]c(=O)cc(C)c3c2)c1. The number of aromatic nitrogens is 1. The second-order valence-electron chi connectivity index (χ2n) is 4.81. The van der Waals surface area contributed by atoms with Crippen molar-refractivity contribution in [1.29, 1.82) is 0 Å². The summed E-state index contributed by atoms with van der Waals surface area (Å²) in [6.45, 7) is 1.95. The molecule has 0 unspecified atom stereocenters. The van der Waals surface area contributed by atoms with Gasteiger partial charge in [0.1, 0.15) is 5.75 Å². The van der Waals surface area contributed by atoms with Crippen molar-refractivity contribution in [3.63, 3.8) is 0 Å². The van der Waals surface area contributed by atoms with Crippen LogP contribution in [-0.4, -0.2) is 12.1 Å². The molecule has 2 aromatic carbocycles. The van der Waals surface area contributed by atoms with Crippen LogP contribution in [0.15, 0.2) is 53.3 Å². The zero-order valence-corrected chi connectivity index (χ0v) is 11.4. The molecule has 0 spiro atoms. The van der Waals surface area contributed by atoms with Crippen LogP contribution in [0.25, 0.3) is 22.0 Å². The van der Waals surface area contributed by atoms with Gasteiger partial charge in [0.05, 0.1) is 7.11 Å². The first kappa shape index (κ1) is 12.5. The number of aromatic amines is 1. The van der Waals surface area contributed by atoms with Gasteiger partial charge < -0.3 is 9.72 Å². The smallest absolute Gasteiger partial charge is 0.248 e. The van der Waals surface area contributed by atoms with E-state index in [4.69, 9.17) is 4.74 Å². The van der Waals surface area contributed by atoms with E-state index in [9.17, 15) is 4.79 Å². The Kier molecular flexibility index (Phi) is 3.03. The summed E-state index contributed by atoms with van der Waals surface area (Å²) in [5.41, 5.74) is 3.97. The van der Waals surface area contributed by atoms with Gasteiger partial charge in [-0.1, -0.05) is 18.2 Å². The number of ether oxygens (including phenoxy) is 1. The zero-order chi connectivity index (χ0) is 14.1. The van der Waals surface area contributed by atoms with Crippen LogP contribution in [-0.2, 0) is 0 Å². The molecule has 3 heteroatoms. The van der Waals surface area contributed by atoms with Gasteiger partial charge in [-0.2, -0.15) is 0 Å². The summed E-state index contributed by atoms with van der Waals surface area (Å²) in [4.78, 5) is 14.3. The number of nitrogens with one attached hydrogen (secondary N) is 1. The Bertz CT molecular complexity index is 834. The van der Waals surface area contributed by atoms with Crippen molar-refractivity contribution in [3.8, 4) is 16.9 Å². The number of rotatable bonds is 2. The maximum atomic E-state index is 11.5. The van der Waals surface area contributed by atoms with E-state index in [0.717, 1.165) is 33.3 Å². The third-order valence-electron chi connectivity index (χ3n) is 3.45. The van der Waals surface area contributed by atoms with Crippen LogP contribution >= 0.6 is 0 Å². The maximum absolute atomic E-state index is 11.5. The summed E-state index contributed by atoms with van der Waals surface area (Å²) in [6.07, 6.45) is 0. The number of aryl methyl sites for hydroxylation is 1. The molecule has 0 radical (unpaired) electrons. The number of H-pyrrole nitrogens is 1. The largest absolute Gasteiger partial charge is 0.497 e. The van der Waals surface area contributed by atoms with E-state index in [2.05, 4.69) is 11.1 Å². The zero-order valence-electron chi connectivity index (χ0n) is 11.4. The highest BCUT2D eigenvalue weighted by atomic mass is 16.5. The fraction of sp³-hybridized carbons (Fsp3) is 0.118. The molecule has 3 aromatic rings. The Labute approximate surface area is 116 Å². The molecular weight excluding hydrogens is 250 g/mol. The van der Waals surface area contributed by atoms with Crippen molar-refractivity contribution in [1.82, 2.24) is 4.98 Å². The molecule has 100 valence electrons. The molecule has 1 heterocycles. The molecule has 1 aromatic heterocycles. The number of methoxy groups -OCH3 is 1. The minimum Gasteiger partial charge on any atom is -0.497 e. The molecule has 20 heavy (non-hydrogen) atoms. The lowest BCUT2D eigenvalue weighted by molar-refractivity contribution is 0.415. The van der Waals surface area contributed by atoms with E-state index in [1.54, 1.807) is 13.2 Å². The van der Waals surface area contributed by atoms with Gasteiger partial charge in [-0.05, 0) is 47.9 Å². The highest BCUT2D eigenvalue weighted by molar-refractivity contribution is 5.87. The van der Waals surface area contributed by atoms with Gasteiger partial charge in [-0.3, -0.25) is 4.79 Å². The summed E-state index contributed by atoms with van der Waals surface area (Å²) in [5, 5.41) is 1.06. The molecular formula is C17H15NO2. The van der Waals surface area contributed by atoms with Gasteiger partial charge in [0.25, 0.3) is 0 Å². The van der Waals surface area contributed by atoms with Crippen molar-refractivity contribution in [2.45, 2.75) is 6.92 Å². The van der Waals surface area contributed by atoms with Gasteiger partial charge in [-0.15, -0.1) is 0 Å². The van der Waals surface area contributed by atoms with Crippen molar-refractivity contribution in [2.75, 3.05) is 7.11 Å². The highest BCUT2D eigenvalue weighted by Crippen LogP contribution is 2.27. The van der Waals surface area contributed by atoms with Crippen molar-refractivity contribution in [2.24, 2.45) is 0 Å². The number of hydrogen-bond acceptors (Lipinski definition) is 2. The summed E-state index contributed by atoms with van der Waals surface area (Å²) < 4.78 is 5.26. The Morgan fingerprint density at radius 2 is 1.80 bits per heavy atom. The van der Waals surface area contributed by atoms with E-state index < -0.39 is 0 Å². The average Bonchev–Trinajstić information content (AvgIpc) is 2.47. The number of benzene rings is 2. The van der Waals surface area contributed by atoms with E-state index in [-0.39, 0.29) is 5.56 Å². The first-order valence-electron chi connectivity index (χ1n) is 6.45. The molecule has 0 atom stereocenters. The molecule has 0 saturated heterocycles. The van der Waals surface area contributed by atoms with Crippen LogP contribution in [0.5, 0.6) is 5.75 Å². The number of fused-ring (bicyclic) bond motifs is 1. The first-order valence-corrected chi connectivity index (χ1v) is 6.45. The topological polar surface area (TPSA) is 42.1 Å². The van der Waals surface area contributed by atoms with Crippen LogP contribution in [0, 0.1) is 6.92 Å². The standard InChI is InChI=1S/C17H15NO2/c1-11-8-17(19)18-16-7-6-13(10-15(11)16)12-4-3-5-14(9-12)20-2/h3-10H,1-2H3,(H,18,19). The lowest BCUT2D eigenvalue weighted by atomic mass is 10.0. The van der Waals surface area contributed by atoms with E-state index in [1.165, 1.54) is 0 Å². The number of hydrogen-bond donors (Lipinski definition) is 1. The summed E-state index contributed by atoms with van der Waals surface area (Å²) in [7, 11) is 1.66. The maximum Gasteiger partial charge on any atom is 0.248 e. The van der Waals surface area contributed by atoms with Crippen LogP contribution in [0.1, 0.15) is 5.56 Å². The van der Waals surface area contributed by atoms with Crippen LogP contribution in [0.3, 0.4) is 0 Å². The van der Waals surface area contributed by atoms with E-state index in [0.29, 0.717) is 0 Å². The molecule has 3 rings (SSSR count). The van der Waals surface area contributed by atoms with Crippen LogP contribution < -0.4 is 10.3 Å². The predicted octanol–water partition coefficient (Wildman–Crippen LogP) is 3.51. The van der Waals surface area contributed by atoms with Crippen molar-refractivity contribution < 1.29 is 4.74 Å². The monoisotopic (exact) mass is 265 g/mol. The minimum absolute atomic E-state index is 0.0656. The molecule has 0 saturated carbocycles. The average molecular weight is 265 g/mol. The van der Waals surface area contributed by atoms with Crippen molar-refractivity contribution >= 4 is 10.9 Å². The normalized spacial score (nSPS) is 10.7. The molecule has 3 nitrogen and oxygen atoms in total. The number of pyridine rings is 1. The molecule has 0 aliphatic heterocycles. The van der Waals surface area contributed by atoms with E-state index in [1.807, 2.05) is 43.3 Å². The van der Waals surface area contributed by atoms with Gasteiger partial charge in [-0.25, -0.2) is 0 Å². The lowest BCUT2D eigenvalue weighted by Gasteiger charge is -2.07. The highest BCUT2D eigenvalue weighted by Gasteiger charge is 2.04. The first-order chi connectivity index (χ1) is 9.67. The van der Waals surface area contributed by atoms with Gasteiger partial charge in [0.2, 0.25) is 5.56 Å². The van der Waals surface area contributed by atoms with Crippen LogP contribution in [0.4, 0.5) is 0 Å². The van der Waals surface area contributed by atoms with Gasteiger partial charge in [0, 0.05) is 17.0 Å². The summed E-state index contributed by atoms with van der Waals surface area (Å²) in [6, 6.07) is 15.6. The van der Waals surface area contributed by atoms with Crippen LogP contribution in [0.2, 0.25) is 0 Å². The lowest BCUT2D eigenvalue weighted by Crippen LogP contribution is -2.04. The quantitative estimate of drug-likeness (QED) is 0.770. The van der Waals surface area contributed by atoms with Gasteiger partial charge in [0.15, 0.2) is 0 Å². The predicted molar refractivity (Wildman–Crippen MR) is 81.3 cm³/mol. The Balaban J connectivity index is 2.19. The molecule has 0 amide bonds. The Morgan fingerprint density at radius 1 is 1.00 bits per heavy atom. The third kappa shape index (κ3) is 2.18. The molecule has 0 aliphatic rings. The summed E-state index contributed by atoms with van der Waals surface area (Å²) in [5.74, 6) is 0.834. The minimum atomic E-state index is -0.0656. The second kappa shape index (κ2) is 4.85. The molecule has 0 aliphatic carbocycles. The third-order valence-corrected chi connectivity index (χ3v) is 3.45. The molecule has 0 fully saturated rings. The van der Waals surface area contributed by atoms with Crippen molar-refractivity contribution in [3.05, 3.63) is 64.4 Å². The Hall–Kier alpha value is -2.55. The Morgan fingerprint density at radius 3 is 2.60 bits per heavy atom.